The number of anilines is 1. The summed E-state index contributed by atoms with van der Waals surface area (Å²) in [4.78, 5) is 4.12. The maximum absolute atomic E-state index is 6.28. The van der Waals surface area contributed by atoms with E-state index in [0.29, 0.717) is 34.7 Å². The zero-order valence-electron chi connectivity index (χ0n) is 16.0. The molecular formula is C22H20Cl3N5. The van der Waals surface area contributed by atoms with E-state index >= 15 is 0 Å². The number of fused-ring (bicyclic) bond motifs is 3. The Bertz CT molecular complexity index is 1260. The lowest BCUT2D eigenvalue weighted by molar-refractivity contribution is 0.757. The van der Waals surface area contributed by atoms with Crippen LogP contribution in [0.1, 0.15) is 5.56 Å². The normalized spacial score (nSPS) is 11.2. The van der Waals surface area contributed by atoms with E-state index in [0.717, 1.165) is 33.1 Å². The van der Waals surface area contributed by atoms with Gasteiger partial charge in [0.2, 0.25) is 0 Å². The number of hydrogen-bond donors (Lipinski definition) is 3. The molecule has 0 spiro atoms. The molecule has 8 heteroatoms. The number of nitrogens with two attached hydrogens (primary N) is 2. The van der Waals surface area contributed by atoms with E-state index < -0.39 is 0 Å². The molecule has 5 nitrogen and oxygen atoms in total. The minimum Gasteiger partial charge on any atom is -0.381 e. The summed E-state index contributed by atoms with van der Waals surface area (Å²) in [6, 6.07) is 17.8. The Labute approximate surface area is 189 Å². The second-order valence-electron chi connectivity index (χ2n) is 6.95. The van der Waals surface area contributed by atoms with Gasteiger partial charge in [-0.3, -0.25) is 4.99 Å². The Morgan fingerprint density at radius 1 is 0.867 bits per heavy atom. The van der Waals surface area contributed by atoms with Crippen LogP contribution in [0.3, 0.4) is 0 Å². The van der Waals surface area contributed by atoms with Gasteiger partial charge in [0.05, 0.1) is 16.6 Å². The van der Waals surface area contributed by atoms with Crippen LogP contribution in [0.15, 0.2) is 59.6 Å². The van der Waals surface area contributed by atoms with Crippen LogP contribution in [-0.4, -0.2) is 17.1 Å². The van der Waals surface area contributed by atoms with E-state index in [4.69, 9.17) is 46.3 Å². The largest absolute Gasteiger partial charge is 0.381 e. The van der Waals surface area contributed by atoms with Crippen molar-refractivity contribution in [3.63, 3.8) is 0 Å². The van der Waals surface area contributed by atoms with E-state index in [9.17, 15) is 0 Å². The molecular weight excluding hydrogens is 441 g/mol. The van der Waals surface area contributed by atoms with Crippen LogP contribution in [0.4, 0.5) is 5.69 Å². The molecule has 154 valence electrons. The average Bonchev–Trinajstić information content (AvgIpc) is 3.01. The third-order valence-electron chi connectivity index (χ3n) is 4.93. The van der Waals surface area contributed by atoms with Crippen LogP contribution in [0.2, 0.25) is 15.1 Å². The maximum Gasteiger partial charge on any atom is 0.185 e. The number of hydrogen-bond acceptors (Lipinski definition) is 2. The third kappa shape index (κ3) is 4.29. The Balaban J connectivity index is 1.68. The lowest BCUT2D eigenvalue weighted by Crippen LogP contribution is -2.23. The first-order valence-corrected chi connectivity index (χ1v) is 10.5. The summed E-state index contributed by atoms with van der Waals surface area (Å²) in [7, 11) is 0. The number of aliphatic imine (C=N–C) groups is 1. The van der Waals surface area contributed by atoms with E-state index in [1.165, 1.54) is 0 Å². The fraction of sp³-hybridized carbons (Fsp3) is 0.136. The Kier molecular flexibility index (Phi) is 5.95. The van der Waals surface area contributed by atoms with Crippen LogP contribution < -0.4 is 16.8 Å². The minimum absolute atomic E-state index is 0.0904. The number of nitrogens with one attached hydrogen (secondary N) is 1. The van der Waals surface area contributed by atoms with Crippen LogP contribution in [0, 0.1) is 0 Å². The van der Waals surface area contributed by atoms with E-state index in [-0.39, 0.29) is 5.96 Å². The SMILES string of the molecule is NC(N)=NCCn1c2ccc(Cl)cc2c2cc(NCc3ccc(Cl)c(Cl)c3)ccc21. The van der Waals surface area contributed by atoms with Gasteiger partial charge in [0.25, 0.3) is 0 Å². The minimum atomic E-state index is 0.0904. The zero-order chi connectivity index (χ0) is 21.3. The van der Waals surface area contributed by atoms with Gasteiger partial charge in [-0.25, -0.2) is 0 Å². The van der Waals surface area contributed by atoms with Gasteiger partial charge in [0, 0.05) is 45.6 Å². The smallest absolute Gasteiger partial charge is 0.185 e. The monoisotopic (exact) mass is 459 g/mol. The zero-order valence-corrected chi connectivity index (χ0v) is 18.3. The molecule has 0 saturated carbocycles. The van der Waals surface area contributed by atoms with E-state index in [1.807, 2.05) is 30.3 Å². The number of halogens is 3. The van der Waals surface area contributed by atoms with Gasteiger partial charge in [-0.15, -0.1) is 0 Å². The molecule has 1 aromatic heterocycles. The Morgan fingerprint density at radius 3 is 2.33 bits per heavy atom. The van der Waals surface area contributed by atoms with Crippen LogP contribution in [0.5, 0.6) is 0 Å². The van der Waals surface area contributed by atoms with E-state index in [2.05, 4.69) is 33.1 Å². The van der Waals surface area contributed by atoms with Gasteiger partial charge in [0.15, 0.2) is 5.96 Å². The van der Waals surface area contributed by atoms with Crippen molar-refractivity contribution in [1.29, 1.82) is 0 Å². The topological polar surface area (TPSA) is 81.4 Å². The maximum atomic E-state index is 6.28. The predicted molar refractivity (Wildman–Crippen MR) is 129 cm³/mol. The molecule has 1 heterocycles. The number of aromatic nitrogens is 1. The molecule has 3 aromatic carbocycles. The summed E-state index contributed by atoms with van der Waals surface area (Å²) >= 11 is 18.4. The van der Waals surface area contributed by atoms with Crippen molar-refractivity contribution < 1.29 is 0 Å². The highest BCUT2D eigenvalue weighted by atomic mass is 35.5. The van der Waals surface area contributed by atoms with Crippen LogP contribution >= 0.6 is 34.8 Å². The summed E-state index contributed by atoms with van der Waals surface area (Å²) < 4.78 is 2.20. The van der Waals surface area contributed by atoms with Crippen molar-refractivity contribution in [2.45, 2.75) is 13.1 Å². The quantitative estimate of drug-likeness (QED) is 0.257. The highest BCUT2D eigenvalue weighted by molar-refractivity contribution is 6.42. The molecule has 5 N–H and O–H groups in total. The summed E-state index contributed by atoms with van der Waals surface area (Å²) in [6.07, 6.45) is 0. The standard InChI is InChI=1S/C22H20Cl3N5/c23-14-2-5-20-16(10-14)17-11-15(29-12-13-1-4-18(24)19(25)9-13)3-6-21(17)30(20)8-7-28-22(26)27/h1-6,9-11,29H,7-8,12H2,(H4,26,27,28). The summed E-state index contributed by atoms with van der Waals surface area (Å²) in [6.45, 7) is 1.79. The second-order valence-corrected chi connectivity index (χ2v) is 8.20. The fourth-order valence-corrected chi connectivity index (χ4v) is 4.05. The molecule has 0 aliphatic heterocycles. The molecule has 0 amide bonds. The molecule has 4 rings (SSSR count). The molecule has 0 bridgehead atoms. The van der Waals surface area contributed by atoms with Gasteiger partial charge in [-0.05, 0) is 54.1 Å². The first kappa shape index (κ1) is 20.7. The summed E-state index contributed by atoms with van der Waals surface area (Å²) in [5.41, 5.74) is 15.2. The number of guanidine groups is 1. The van der Waals surface area contributed by atoms with Crippen molar-refractivity contribution in [3.05, 3.63) is 75.2 Å². The molecule has 0 aliphatic rings. The molecule has 30 heavy (non-hydrogen) atoms. The molecule has 0 radical (unpaired) electrons. The first-order valence-electron chi connectivity index (χ1n) is 9.37. The third-order valence-corrected chi connectivity index (χ3v) is 5.90. The number of rotatable bonds is 6. The van der Waals surface area contributed by atoms with Crippen molar-refractivity contribution in [2.24, 2.45) is 16.5 Å². The molecule has 0 aliphatic carbocycles. The lowest BCUT2D eigenvalue weighted by Gasteiger charge is -2.09. The van der Waals surface area contributed by atoms with Gasteiger partial charge >= 0.3 is 0 Å². The highest BCUT2D eigenvalue weighted by Crippen LogP contribution is 2.33. The first-order chi connectivity index (χ1) is 14.4. The van der Waals surface area contributed by atoms with Crippen molar-refractivity contribution in [3.8, 4) is 0 Å². The van der Waals surface area contributed by atoms with Crippen LogP contribution in [-0.2, 0) is 13.1 Å². The predicted octanol–water partition coefficient (Wildman–Crippen LogP) is 5.64. The Hall–Kier alpha value is -2.60. The number of benzene rings is 3. The Morgan fingerprint density at radius 2 is 1.60 bits per heavy atom. The van der Waals surface area contributed by atoms with Gasteiger partial charge < -0.3 is 21.4 Å². The second kappa shape index (κ2) is 8.64. The van der Waals surface area contributed by atoms with Crippen molar-refractivity contribution >= 4 is 68.3 Å². The van der Waals surface area contributed by atoms with E-state index in [1.54, 1.807) is 6.07 Å². The summed E-state index contributed by atoms with van der Waals surface area (Å²) in [5, 5.41) is 7.43. The summed E-state index contributed by atoms with van der Waals surface area (Å²) in [5.74, 6) is 0.0904. The molecule has 0 unspecified atom stereocenters. The molecule has 4 aromatic rings. The van der Waals surface area contributed by atoms with Gasteiger partial charge in [-0.1, -0.05) is 40.9 Å². The van der Waals surface area contributed by atoms with Gasteiger partial charge in [-0.2, -0.15) is 0 Å². The highest BCUT2D eigenvalue weighted by Gasteiger charge is 2.12. The average molecular weight is 461 g/mol. The van der Waals surface area contributed by atoms with Crippen molar-refractivity contribution in [1.82, 2.24) is 4.57 Å². The molecule has 0 saturated heterocycles. The lowest BCUT2D eigenvalue weighted by atomic mass is 10.1. The molecule has 0 atom stereocenters. The number of nitrogens with zero attached hydrogens (tertiary/aromatic N) is 2. The molecule has 0 fully saturated rings. The van der Waals surface area contributed by atoms with Gasteiger partial charge in [0.1, 0.15) is 0 Å². The van der Waals surface area contributed by atoms with Crippen LogP contribution in [0.25, 0.3) is 21.8 Å². The van der Waals surface area contributed by atoms with Crippen molar-refractivity contribution in [2.75, 3.05) is 11.9 Å². The fourth-order valence-electron chi connectivity index (χ4n) is 3.56.